The first kappa shape index (κ1) is 22.5. The fraction of sp³-hybridized carbons (Fsp3) is 0.212. The molecule has 3 aromatic carbocycles. The van der Waals surface area contributed by atoms with Crippen LogP contribution in [0.4, 0.5) is 0 Å². The van der Waals surface area contributed by atoms with Crippen molar-refractivity contribution in [1.29, 1.82) is 0 Å². The normalized spacial score (nSPS) is 11.8. The molecule has 3 heterocycles. The average molecular weight is 471 g/mol. The van der Waals surface area contributed by atoms with Crippen LogP contribution < -0.4 is 0 Å². The Morgan fingerprint density at radius 2 is 1.50 bits per heavy atom. The lowest BCUT2D eigenvalue weighted by Gasteiger charge is -2.14. The van der Waals surface area contributed by atoms with Crippen LogP contribution >= 0.6 is 0 Å². The maximum atomic E-state index is 6.38. The topological polar surface area (TPSA) is 38.9 Å². The zero-order valence-corrected chi connectivity index (χ0v) is 21.5. The highest BCUT2D eigenvalue weighted by Crippen LogP contribution is 2.40. The lowest BCUT2D eigenvalue weighted by Crippen LogP contribution is -1.96. The molecule has 0 spiro atoms. The van der Waals surface area contributed by atoms with Gasteiger partial charge in [-0.05, 0) is 79.5 Å². The zero-order valence-electron chi connectivity index (χ0n) is 21.5. The van der Waals surface area contributed by atoms with Crippen LogP contribution in [-0.4, -0.2) is 9.97 Å². The van der Waals surface area contributed by atoms with Crippen LogP contribution in [0.5, 0.6) is 0 Å². The molecule has 3 nitrogen and oxygen atoms in total. The van der Waals surface area contributed by atoms with Crippen LogP contribution in [0.1, 0.15) is 36.2 Å². The molecule has 6 rings (SSSR count). The maximum Gasteiger partial charge on any atom is 0.227 e. The van der Waals surface area contributed by atoms with Gasteiger partial charge in [-0.2, -0.15) is 0 Å². The Labute approximate surface area is 211 Å². The predicted molar refractivity (Wildman–Crippen MR) is 150 cm³/mol. The van der Waals surface area contributed by atoms with Crippen LogP contribution in [0.25, 0.3) is 55.2 Å². The molecule has 0 bridgehead atoms. The Morgan fingerprint density at radius 1 is 0.722 bits per heavy atom. The number of nitrogens with zero attached hydrogens (tertiary/aromatic N) is 2. The Bertz CT molecular complexity index is 1760. The Kier molecular flexibility index (Phi) is 5.37. The summed E-state index contributed by atoms with van der Waals surface area (Å²) >= 11 is 0. The van der Waals surface area contributed by atoms with E-state index in [4.69, 9.17) is 9.40 Å². The second kappa shape index (κ2) is 8.60. The molecule has 3 heteroatoms. The molecule has 0 unspecified atom stereocenters. The Morgan fingerprint density at radius 3 is 2.28 bits per heavy atom. The zero-order chi connectivity index (χ0) is 25.0. The van der Waals surface area contributed by atoms with E-state index in [-0.39, 0.29) is 0 Å². The fourth-order valence-corrected chi connectivity index (χ4v) is 5.24. The number of aryl methyl sites for hydroxylation is 3. The van der Waals surface area contributed by atoms with Gasteiger partial charge in [0, 0.05) is 39.2 Å². The molecule has 0 fully saturated rings. The minimum atomic E-state index is 0.592. The van der Waals surface area contributed by atoms with Crippen molar-refractivity contribution < 1.29 is 4.42 Å². The average Bonchev–Trinajstić information content (AvgIpc) is 3.20. The van der Waals surface area contributed by atoms with Crippen molar-refractivity contribution in [2.24, 2.45) is 5.92 Å². The van der Waals surface area contributed by atoms with Crippen molar-refractivity contribution in [1.82, 2.24) is 9.97 Å². The first-order valence-electron chi connectivity index (χ1n) is 12.7. The van der Waals surface area contributed by atoms with E-state index in [2.05, 4.69) is 93.3 Å². The lowest BCUT2D eigenvalue weighted by molar-refractivity contribution is 0.648. The lowest BCUT2D eigenvalue weighted by atomic mass is 9.92. The quantitative estimate of drug-likeness (QED) is 0.258. The molecule has 0 saturated carbocycles. The molecular weight excluding hydrogens is 440 g/mol. The van der Waals surface area contributed by atoms with Gasteiger partial charge in [-0.1, -0.05) is 61.9 Å². The summed E-state index contributed by atoms with van der Waals surface area (Å²) in [5, 5.41) is 4.49. The minimum absolute atomic E-state index is 0.592. The van der Waals surface area contributed by atoms with E-state index in [1.165, 1.54) is 27.6 Å². The van der Waals surface area contributed by atoms with E-state index in [0.29, 0.717) is 11.6 Å². The van der Waals surface area contributed by atoms with Crippen molar-refractivity contribution >= 4 is 32.8 Å². The number of hydrogen-bond donors (Lipinski definition) is 0. The van der Waals surface area contributed by atoms with Crippen LogP contribution in [-0.2, 0) is 6.42 Å². The van der Waals surface area contributed by atoms with Crippen LogP contribution in [0, 0.1) is 26.7 Å². The molecule has 178 valence electrons. The molecule has 0 amide bonds. The number of furan rings is 1. The molecule has 6 aromatic rings. The number of benzene rings is 3. The third kappa shape index (κ3) is 3.85. The van der Waals surface area contributed by atoms with Crippen molar-refractivity contribution in [2.45, 2.75) is 41.0 Å². The van der Waals surface area contributed by atoms with E-state index in [1.54, 1.807) is 0 Å². The third-order valence-corrected chi connectivity index (χ3v) is 6.94. The van der Waals surface area contributed by atoms with Crippen molar-refractivity contribution in [3.8, 4) is 22.4 Å². The van der Waals surface area contributed by atoms with Crippen molar-refractivity contribution in [2.75, 3.05) is 0 Å². The second-order valence-electron chi connectivity index (χ2n) is 10.5. The van der Waals surface area contributed by atoms with Gasteiger partial charge < -0.3 is 4.42 Å². The summed E-state index contributed by atoms with van der Waals surface area (Å²) in [5.74, 6) is 0.592. The summed E-state index contributed by atoms with van der Waals surface area (Å²) < 4.78 is 6.38. The van der Waals surface area contributed by atoms with Gasteiger partial charge in [0.1, 0.15) is 5.58 Å². The monoisotopic (exact) mass is 470 g/mol. The van der Waals surface area contributed by atoms with Gasteiger partial charge >= 0.3 is 0 Å². The predicted octanol–water partition coefficient (Wildman–Crippen LogP) is 8.99. The third-order valence-electron chi connectivity index (χ3n) is 6.94. The van der Waals surface area contributed by atoms with E-state index in [9.17, 15) is 0 Å². The molecule has 0 aliphatic heterocycles. The summed E-state index contributed by atoms with van der Waals surface area (Å²) in [6, 6.07) is 24.1. The van der Waals surface area contributed by atoms with E-state index in [0.717, 1.165) is 50.7 Å². The highest BCUT2D eigenvalue weighted by molar-refractivity contribution is 6.12. The molecule has 0 radical (unpaired) electrons. The summed E-state index contributed by atoms with van der Waals surface area (Å²) in [5.41, 5.74) is 10.5. The van der Waals surface area contributed by atoms with Gasteiger partial charge in [0.25, 0.3) is 0 Å². The van der Waals surface area contributed by atoms with Crippen molar-refractivity contribution in [3.63, 3.8) is 0 Å². The molecule has 0 aliphatic rings. The molecule has 0 atom stereocenters. The summed E-state index contributed by atoms with van der Waals surface area (Å²) in [7, 11) is 0. The summed E-state index contributed by atoms with van der Waals surface area (Å²) in [4.78, 5) is 9.72. The fourth-order valence-electron chi connectivity index (χ4n) is 5.24. The smallest absolute Gasteiger partial charge is 0.227 e. The Balaban J connectivity index is 1.65. The standard InChI is InChI=1S/C33H30N2O/c1-19(2)14-23-9-13-25-27(17-23)30(24-10-6-20(3)7-11-24)18-34-31(25)29-16-21(4)15-28-26-12-8-22(5)35-33(26)36-32(28)29/h6-13,15-19H,14H2,1-5H3. The number of rotatable bonds is 4. The molecular formula is C33H30N2O. The first-order valence-corrected chi connectivity index (χ1v) is 12.7. The summed E-state index contributed by atoms with van der Waals surface area (Å²) in [6.45, 7) is 10.8. The number of fused-ring (bicyclic) bond motifs is 4. The largest absolute Gasteiger partial charge is 0.437 e. The number of pyridine rings is 2. The van der Waals surface area contributed by atoms with Gasteiger partial charge in [0.05, 0.1) is 5.69 Å². The van der Waals surface area contributed by atoms with Gasteiger partial charge in [-0.25, -0.2) is 4.98 Å². The first-order chi connectivity index (χ1) is 17.4. The molecule has 0 saturated heterocycles. The second-order valence-corrected chi connectivity index (χ2v) is 10.5. The van der Waals surface area contributed by atoms with Crippen molar-refractivity contribution in [3.05, 3.63) is 95.3 Å². The minimum Gasteiger partial charge on any atom is -0.437 e. The van der Waals surface area contributed by atoms with Gasteiger partial charge in [-0.15, -0.1) is 0 Å². The molecule has 0 aliphatic carbocycles. The highest BCUT2D eigenvalue weighted by Gasteiger charge is 2.19. The van der Waals surface area contributed by atoms with Crippen LogP contribution in [0.3, 0.4) is 0 Å². The van der Waals surface area contributed by atoms with Gasteiger partial charge in [0.2, 0.25) is 5.71 Å². The SMILES string of the molecule is Cc1ccc(-c2cnc(-c3cc(C)cc4c3oc3nc(C)ccc34)c3ccc(CC(C)C)cc23)cc1. The van der Waals surface area contributed by atoms with Crippen LogP contribution in [0.15, 0.2) is 77.3 Å². The Hall–Kier alpha value is -3.98. The van der Waals surface area contributed by atoms with Crippen LogP contribution in [0.2, 0.25) is 0 Å². The van der Waals surface area contributed by atoms with E-state index < -0.39 is 0 Å². The summed E-state index contributed by atoms with van der Waals surface area (Å²) in [6.07, 6.45) is 3.07. The molecule has 36 heavy (non-hydrogen) atoms. The van der Waals surface area contributed by atoms with Gasteiger partial charge in [0.15, 0.2) is 0 Å². The highest BCUT2D eigenvalue weighted by atomic mass is 16.3. The van der Waals surface area contributed by atoms with E-state index in [1.807, 2.05) is 19.2 Å². The van der Waals surface area contributed by atoms with E-state index >= 15 is 0 Å². The number of hydrogen-bond acceptors (Lipinski definition) is 3. The number of aromatic nitrogens is 2. The maximum absolute atomic E-state index is 6.38. The molecule has 0 N–H and O–H groups in total. The van der Waals surface area contributed by atoms with Gasteiger partial charge in [-0.3, -0.25) is 4.98 Å². The molecule has 3 aromatic heterocycles.